The maximum atomic E-state index is 5.38. The highest BCUT2D eigenvalue weighted by Gasteiger charge is 2.21. The Balaban J connectivity index is 0.00000147. The molecule has 0 spiro atoms. The van der Waals surface area contributed by atoms with Gasteiger partial charge in [0, 0.05) is 13.0 Å². The van der Waals surface area contributed by atoms with E-state index in [4.69, 9.17) is 9.26 Å². The van der Waals surface area contributed by atoms with Gasteiger partial charge in [-0.2, -0.15) is 4.98 Å². The molecular weight excluding hydrogens is 278 g/mol. The zero-order valence-electron chi connectivity index (χ0n) is 11.1. The smallest absolute Gasteiger partial charge is 0.246 e. The predicted octanol–water partition coefficient (Wildman–Crippen LogP) is 1.94. The van der Waals surface area contributed by atoms with Gasteiger partial charge in [0.2, 0.25) is 5.89 Å². The molecule has 1 saturated heterocycles. The third kappa shape index (κ3) is 3.79. The molecule has 6 heteroatoms. The largest absolute Gasteiger partial charge is 0.378 e. The molecule has 1 N–H and O–H groups in total. The van der Waals surface area contributed by atoms with Crippen LogP contribution in [0.4, 0.5) is 0 Å². The summed E-state index contributed by atoms with van der Waals surface area (Å²) < 4.78 is 10.7. The number of hydrogen-bond acceptors (Lipinski definition) is 5. The standard InChI is InChI=1S/C14H17N3O2.ClH/c1-2-4-11(5-3-1)6-7-13-16-14(19-17-13)12-10-18-9-8-15-12;/h1-5,12,15H,6-10H2;1H. The summed E-state index contributed by atoms with van der Waals surface area (Å²) in [5.41, 5.74) is 1.29. The molecule has 1 aromatic carbocycles. The first kappa shape index (κ1) is 15.0. The van der Waals surface area contributed by atoms with Gasteiger partial charge >= 0.3 is 0 Å². The third-order valence-electron chi connectivity index (χ3n) is 3.18. The second-order valence-electron chi connectivity index (χ2n) is 4.62. The topological polar surface area (TPSA) is 60.2 Å². The summed E-state index contributed by atoms with van der Waals surface area (Å²) in [5.74, 6) is 1.38. The van der Waals surface area contributed by atoms with Crippen LogP contribution in [0.2, 0.25) is 0 Å². The van der Waals surface area contributed by atoms with E-state index in [0.29, 0.717) is 12.5 Å². The second kappa shape index (κ2) is 7.38. The van der Waals surface area contributed by atoms with Crippen molar-refractivity contribution in [2.24, 2.45) is 0 Å². The van der Waals surface area contributed by atoms with Crippen LogP contribution in [0.25, 0.3) is 0 Å². The maximum Gasteiger partial charge on any atom is 0.246 e. The van der Waals surface area contributed by atoms with Crippen molar-refractivity contribution in [3.8, 4) is 0 Å². The molecule has 1 atom stereocenters. The number of aryl methyl sites for hydroxylation is 2. The van der Waals surface area contributed by atoms with E-state index in [2.05, 4.69) is 27.6 Å². The zero-order valence-corrected chi connectivity index (χ0v) is 11.9. The van der Waals surface area contributed by atoms with Gasteiger partial charge in [-0.05, 0) is 12.0 Å². The summed E-state index contributed by atoms with van der Waals surface area (Å²) in [7, 11) is 0. The van der Waals surface area contributed by atoms with Gasteiger partial charge in [0.05, 0.1) is 13.2 Å². The van der Waals surface area contributed by atoms with Crippen molar-refractivity contribution in [3.05, 3.63) is 47.6 Å². The lowest BCUT2D eigenvalue weighted by Crippen LogP contribution is -2.34. The number of nitrogens with one attached hydrogen (secondary N) is 1. The van der Waals surface area contributed by atoms with Gasteiger partial charge < -0.3 is 14.6 Å². The van der Waals surface area contributed by atoms with Crippen LogP contribution >= 0.6 is 12.4 Å². The maximum absolute atomic E-state index is 5.38. The number of morpholine rings is 1. The van der Waals surface area contributed by atoms with Gasteiger partial charge in [0.25, 0.3) is 0 Å². The first-order chi connectivity index (χ1) is 9.42. The predicted molar refractivity (Wildman–Crippen MR) is 77.0 cm³/mol. The van der Waals surface area contributed by atoms with E-state index < -0.39 is 0 Å². The molecule has 0 bridgehead atoms. The molecule has 1 fully saturated rings. The van der Waals surface area contributed by atoms with Gasteiger partial charge in [-0.15, -0.1) is 12.4 Å². The van der Waals surface area contributed by atoms with Crippen molar-refractivity contribution >= 4 is 12.4 Å². The minimum Gasteiger partial charge on any atom is -0.378 e. The molecule has 3 rings (SSSR count). The Hall–Kier alpha value is -1.43. The van der Waals surface area contributed by atoms with Crippen LogP contribution in [-0.2, 0) is 17.6 Å². The van der Waals surface area contributed by atoms with E-state index >= 15 is 0 Å². The molecule has 1 aliphatic rings. The summed E-state index contributed by atoms with van der Waals surface area (Å²) in [6.07, 6.45) is 1.72. The van der Waals surface area contributed by atoms with Crippen molar-refractivity contribution in [1.29, 1.82) is 0 Å². The highest BCUT2D eigenvalue weighted by Crippen LogP contribution is 2.14. The first-order valence-corrected chi connectivity index (χ1v) is 6.59. The normalized spacial score (nSPS) is 18.5. The third-order valence-corrected chi connectivity index (χ3v) is 3.18. The lowest BCUT2D eigenvalue weighted by Gasteiger charge is -2.20. The van der Waals surface area contributed by atoms with Gasteiger partial charge in [-0.3, -0.25) is 0 Å². The quantitative estimate of drug-likeness (QED) is 0.934. The highest BCUT2D eigenvalue weighted by atomic mass is 35.5. The van der Waals surface area contributed by atoms with Crippen LogP contribution in [0.3, 0.4) is 0 Å². The minimum absolute atomic E-state index is 0. The van der Waals surface area contributed by atoms with Crippen molar-refractivity contribution < 1.29 is 9.26 Å². The van der Waals surface area contributed by atoms with E-state index in [1.807, 2.05) is 18.2 Å². The molecule has 5 nitrogen and oxygen atoms in total. The molecule has 0 amide bonds. The molecule has 1 aliphatic heterocycles. The Kier molecular flexibility index (Phi) is 5.52. The molecule has 2 heterocycles. The van der Waals surface area contributed by atoms with E-state index in [9.17, 15) is 0 Å². The van der Waals surface area contributed by atoms with Crippen LogP contribution in [-0.4, -0.2) is 29.9 Å². The van der Waals surface area contributed by atoms with E-state index in [0.717, 1.165) is 31.8 Å². The Morgan fingerprint density at radius 3 is 2.80 bits per heavy atom. The van der Waals surface area contributed by atoms with E-state index in [1.54, 1.807) is 0 Å². The summed E-state index contributed by atoms with van der Waals surface area (Å²) in [6, 6.07) is 10.4. The number of hydrogen-bond donors (Lipinski definition) is 1. The first-order valence-electron chi connectivity index (χ1n) is 6.59. The van der Waals surface area contributed by atoms with Crippen molar-refractivity contribution in [2.45, 2.75) is 18.9 Å². The van der Waals surface area contributed by atoms with Gasteiger partial charge in [-0.1, -0.05) is 35.5 Å². The molecule has 1 aromatic heterocycles. The molecular formula is C14H18ClN3O2. The van der Waals surface area contributed by atoms with Gasteiger partial charge in [0.15, 0.2) is 5.82 Å². The summed E-state index contributed by atoms with van der Waals surface area (Å²) in [5, 5.41) is 7.33. The monoisotopic (exact) mass is 295 g/mol. The highest BCUT2D eigenvalue weighted by molar-refractivity contribution is 5.85. The van der Waals surface area contributed by atoms with E-state index in [-0.39, 0.29) is 18.4 Å². The molecule has 20 heavy (non-hydrogen) atoms. The van der Waals surface area contributed by atoms with Crippen LogP contribution in [0.15, 0.2) is 34.9 Å². The van der Waals surface area contributed by atoms with Crippen LogP contribution < -0.4 is 5.32 Å². The Labute approximate surface area is 124 Å². The minimum atomic E-state index is 0. The fourth-order valence-electron chi connectivity index (χ4n) is 2.14. The number of halogens is 1. The average Bonchev–Trinajstić information content (AvgIpc) is 2.96. The number of benzene rings is 1. The fourth-order valence-corrected chi connectivity index (χ4v) is 2.14. The Morgan fingerprint density at radius 1 is 1.20 bits per heavy atom. The number of ether oxygens (including phenoxy) is 1. The van der Waals surface area contributed by atoms with Gasteiger partial charge in [0.1, 0.15) is 6.04 Å². The molecule has 1 unspecified atom stereocenters. The number of rotatable bonds is 4. The summed E-state index contributed by atoms with van der Waals surface area (Å²) in [4.78, 5) is 4.43. The van der Waals surface area contributed by atoms with Gasteiger partial charge in [-0.25, -0.2) is 0 Å². The summed E-state index contributed by atoms with van der Waals surface area (Å²) in [6.45, 7) is 2.16. The molecule has 0 radical (unpaired) electrons. The average molecular weight is 296 g/mol. The molecule has 0 aliphatic carbocycles. The second-order valence-corrected chi connectivity index (χ2v) is 4.62. The van der Waals surface area contributed by atoms with Crippen molar-refractivity contribution in [1.82, 2.24) is 15.5 Å². The number of aromatic nitrogens is 2. The van der Waals surface area contributed by atoms with Crippen molar-refractivity contribution in [3.63, 3.8) is 0 Å². The van der Waals surface area contributed by atoms with Crippen LogP contribution in [0, 0.1) is 0 Å². The molecule has 108 valence electrons. The Morgan fingerprint density at radius 2 is 2.05 bits per heavy atom. The zero-order chi connectivity index (χ0) is 12.9. The van der Waals surface area contributed by atoms with Crippen LogP contribution in [0.1, 0.15) is 23.3 Å². The summed E-state index contributed by atoms with van der Waals surface area (Å²) >= 11 is 0. The lowest BCUT2D eigenvalue weighted by atomic mass is 10.1. The molecule has 2 aromatic rings. The van der Waals surface area contributed by atoms with E-state index in [1.165, 1.54) is 5.56 Å². The SMILES string of the molecule is Cl.c1ccc(CCc2noc(C3COCCN3)n2)cc1. The van der Waals surface area contributed by atoms with Crippen molar-refractivity contribution in [2.75, 3.05) is 19.8 Å². The number of nitrogens with zero attached hydrogens (tertiary/aromatic N) is 2. The molecule has 0 saturated carbocycles. The lowest BCUT2D eigenvalue weighted by molar-refractivity contribution is 0.0659. The fraction of sp³-hybridized carbons (Fsp3) is 0.429. The Bertz CT molecular complexity index is 512. The van der Waals surface area contributed by atoms with Crippen LogP contribution in [0.5, 0.6) is 0 Å².